The lowest BCUT2D eigenvalue weighted by molar-refractivity contribution is 0.727. The maximum atomic E-state index is 5.74. The molecule has 1 aliphatic rings. The SMILES string of the molecule is Cn1c(CC2CC2)nc2c(CN)cccc21. The van der Waals surface area contributed by atoms with Gasteiger partial charge in [-0.15, -0.1) is 0 Å². The lowest BCUT2D eigenvalue weighted by Crippen LogP contribution is -1.98. The fourth-order valence-electron chi connectivity index (χ4n) is 2.25. The molecule has 3 heteroatoms. The third kappa shape index (κ3) is 1.52. The van der Waals surface area contributed by atoms with Gasteiger partial charge in [0.15, 0.2) is 0 Å². The number of nitrogens with two attached hydrogens (primary N) is 1. The molecule has 0 unspecified atom stereocenters. The van der Waals surface area contributed by atoms with Gasteiger partial charge in [-0.05, 0) is 30.4 Å². The molecule has 1 fully saturated rings. The van der Waals surface area contributed by atoms with E-state index in [1.807, 2.05) is 0 Å². The van der Waals surface area contributed by atoms with Crippen LogP contribution in [-0.4, -0.2) is 9.55 Å². The third-order valence-corrected chi connectivity index (χ3v) is 3.48. The number of rotatable bonds is 3. The van der Waals surface area contributed by atoms with Crippen molar-refractivity contribution >= 4 is 11.0 Å². The van der Waals surface area contributed by atoms with Gasteiger partial charge in [0.05, 0.1) is 11.0 Å². The van der Waals surface area contributed by atoms with E-state index in [0.717, 1.165) is 23.4 Å². The Balaban J connectivity index is 2.12. The monoisotopic (exact) mass is 215 g/mol. The molecule has 84 valence electrons. The van der Waals surface area contributed by atoms with Crippen LogP contribution >= 0.6 is 0 Å². The first kappa shape index (κ1) is 9.85. The van der Waals surface area contributed by atoms with Gasteiger partial charge in [0.25, 0.3) is 0 Å². The molecule has 0 aliphatic heterocycles. The van der Waals surface area contributed by atoms with Crippen LogP contribution in [0.25, 0.3) is 11.0 Å². The van der Waals surface area contributed by atoms with Gasteiger partial charge in [0.2, 0.25) is 0 Å². The van der Waals surface area contributed by atoms with Gasteiger partial charge >= 0.3 is 0 Å². The zero-order chi connectivity index (χ0) is 11.1. The number of benzene rings is 1. The van der Waals surface area contributed by atoms with Gasteiger partial charge in [0, 0.05) is 20.0 Å². The first-order chi connectivity index (χ1) is 7.79. The van der Waals surface area contributed by atoms with Crippen molar-refractivity contribution in [3.05, 3.63) is 29.6 Å². The van der Waals surface area contributed by atoms with E-state index < -0.39 is 0 Å². The number of hydrogen-bond acceptors (Lipinski definition) is 2. The number of fused-ring (bicyclic) bond motifs is 1. The second-order valence-electron chi connectivity index (χ2n) is 4.72. The van der Waals surface area contributed by atoms with Crippen molar-refractivity contribution in [3.63, 3.8) is 0 Å². The van der Waals surface area contributed by atoms with Crippen molar-refractivity contribution in [3.8, 4) is 0 Å². The minimum Gasteiger partial charge on any atom is -0.331 e. The zero-order valence-corrected chi connectivity index (χ0v) is 9.61. The molecule has 16 heavy (non-hydrogen) atoms. The molecular formula is C13H17N3. The normalized spacial score (nSPS) is 15.9. The van der Waals surface area contributed by atoms with E-state index in [2.05, 4.69) is 29.8 Å². The Morgan fingerprint density at radius 2 is 2.25 bits per heavy atom. The molecule has 1 saturated carbocycles. The molecule has 0 spiro atoms. The average molecular weight is 215 g/mol. The smallest absolute Gasteiger partial charge is 0.109 e. The van der Waals surface area contributed by atoms with Gasteiger partial charge in [-0.2, -0.15) is 0 Å². The van der Waals surface area contributed by atoms with Crippen LogP contribution in [0, 0.1) is 5.92 Å². The summed E-state index contributed by atoms with van der Waals surface area (Å²) in [5.41, 5.74) is 9.18. The Bertz CT molecular complexity index is 523. The highest BCUT2D eigenvalue weighted by molar-refractivity contribution is 5.79. The molecule has 1 aliphatic carbocycles. The van der Waals surface area contributed by atoms with Crippen LogP contribution < -0.4 is 5.73 Å². The predicted octanol–water partition coefficient (Wildman–Crippen LogP) is 1.98. The van der Waals surface area contributed by atoms with E-state index in [1.165, 1.54) is 24.2 Å². The summed E-state index contributed by atoms with van der Waals surface area (Å²) in [6, 6.07) is 6.25. The van der Waals surface area contributed by atoms with Crippen LogP contribution in [-0.2, 0) is 20.0 Å². The molecule has 3 nitrogen and oxygen atoms in total. The molecule has 0 atom stereocenters. The molecule has 1 heterocycles. The first-order valence-electron chi connectivity index (χ1n) is 5.93. The van der Waals surface area contributed by atoms with E-state index in [1.54, 1.807) is 0 Å². The van der Waals surface area contributed by atoms with E-state index >= 15 is 0 Å². The standard InChI is InChI=1S/C13H17N3/c1-16-11-4-2-3-10(8-14)13(11)15-12(16)7-9-5-6-9/h2-4,9H,5-8,14H2,1H3. The molecule has 1 aromatic heterocycles. The topological polar surface area (TPSA) is 43.8 Å². The van der Waals surface area contributed by atoms with Crippen LogP contribution in [0.1, 0.15) is 24.2 Å². The summed E-state index contributed by atoms with van der Waals surface area (Å²) in [7, 11) is 2.10. The molecule has 0 bridgehead atoms. The number of imidazole rings is 1. The van der Waals surface area contributed by atoms with Gasteiger partial charge in [-0.1, -0.05) is 12.1 Å². The van der Waals surface area contributed by atoms with Crippen molar-refractivity contribution in [2.45, 2.75) is 25.8 Å². The molecule has 0 amide bonds. The Morgan fingerprint density at radius 3 is 2.94 bits per heavy atom. The number of hydrogen-bond donors (Lipinski definition) is 1. The average Bonchev–Trinajstić information content (AvgIpc) is 3.05. The number of nitrogens with zero attached hydrogens (tertiary/aromatic N) is 2. The number of aryl methyl sites for hydroxylation is 1. The quantitative estimate of drug-likeness (QED) is 0.850. The van der Waals surface area contributed by atoms with Crippen LogP contribution in [0.5, 0.6) is 0 Å². The first-order valence-corrected chi connectivity index (χ1v) is 5.93. The van der Waals surface area contributed by atoms with Gasteiger partial charge in [0.1, 0.15) is 5.82 Å². The van der Waals surface area contributed by atoms with Crippen molar-refractivity contribution in [2.75, 3.05) is 0 Å². The Hall–Kier alpha value is -1.35. The van der Waals surface area contributed by atoms with Crippen molar-refractivity contribution in [1.82, 2.24) is 9.55 Å². The number of para-hydroxylation sites is 1. The summed E-state index contributed by atoms with van der Waals surface area (Å²) in [5, 5.41) is 0. The highest BCUT2D eigenvalue weighted by Gasteiger charge is 2.24. The van der Waals surface area contributed by atoms with Gasteiger partial charge in [-0.3, -0.25) is 0 Å². The second-order valence-corrected chi connectivity index (χ2v) is 4.72. The van der Waals surface area contributed by atoms with Gasteiger partial charge in [-0.25, -0.2) is 4.98 Å². The van der Waals surface area contributed by atoms with E-state index in [0.29, 0.717) is 6.54 Å². The minimum atomic E-state index is 0.567. The van der Waals surface area contributed by atoms with Crippen molar-refractivity contribution in [2.24, 2.45) is 18.7 Å². The molecule has 3 rings (SSSR count). The predicted molar refractivity (Wildman–Crippen MR) is 65.0 cm³/mol. The van der Waals surface area contributed by atoms with E-state index in [4.69, 9.17) is 10.7 Å². The highest BCUT2D eigenvalue weighted by atomic mass is 15.1. The zero-order valence-electron chi connectivity index (χ0n) is 9.61. The van der Waals surface area contributed by atoms with E-state index in [9.17, 15) is 0 Å². The second kappa shape index (κ2) is 3.59. The molecule has 0 saturated heterocycles. The molecular weight excluding hydrogens is 198 g/mol. The molecule has 2 aromatic rings. The summed E-state index contributed by atoms with van der Waals surface area (Å²) >= 11 is 0. The Labute approximate surface area is 95.3 Å². The fourth-order valence-corrected chi connectivity index (χ4v) is 2.25. The van der Waals surface area contributed by atoms with Crippen LogP contribution in [0.3, 0.4) is 0 Å². The molecule has 0 radical (unpaired) electrons. The third-order valence-electron chi connectivity index (χ3n) is 3.48. The summed E-state index contributed by atoms with van der Waals surface area (Å²) in [6.07, 6.45) is 3.86. The summed E-state index contributed by atoms with van der Waals surface area (Å²) in [4.78, 5) is 4.75. The highest BCUT2D eigenvalue weighted by Crippen LogP contribution is 2.33. The lowest BCUT2D eigenvalue weighted by atomic mass is 10.2. The van der Waals surface area contributed by atoms with Gasteiger partial charge < -0.3 is 10.3 Å². The number of aromatic nitrogens is 2. The Kier molecular flexibility index (Phi) is 2.21. The van der Waals surface area contributed by atoms with Crippen LogP contribution in [0.2, 0.25) is 0 Å². The summed E-state index contributed by atoms with van der Waals surface area (Å²) in [5.74, 6) is 2.08. The van der Waals surface area contributed by atoms with E-state index in [-0.39, 0.29) is 0 Å². The van der Waals surface area contributed by atoms with Crippen LogP contribution in [0.15, 0.2) is 18.2 Å². The maximum absolute atomic E-state index is 5.74. The lowest BCUT2D eigenvalue weighted by Gasteiger charge is -2.00. The fraction of sp³-hybridized carbons (Fsp3) is 0.462. The Morgan fingerprint density at radius 1 is 1.44 bits per heavy atom. The van der Waals surface area contributed by atoms with Crippen molar-refractivity contribution in [1.29, 1.82) is 0 Å². The molecule has 1 aromatic carbocycles. The summed E-state index contributed by atoms with van der Waals surface area (Å²) < 4.78 is 2.22. The minimum absolute atomic E-state index is 0.567. The maximum Gasteiger partial charge on any atom is 0.109 e. The largest absolute Gasteiger partial charge is 0.331 e. The molecule has 2 N–H and O–H groups in total. The van der Waals surface area contributed by atoms with Crippen molar-refractivity contribution < 1.29 is 0 Å². The van der Waals surface area contributed by atoms with Crippen LogP contribution in [0.4, 0.5) is 0 Å². The summed E-state index contributed by atoms with van der Waals surface area (Å²) in [6.45, 7) is 0.567.